The Kier molecular flexibility index (Phi) is 6.99. The Balaban J connectivity index is 1.44. The van der Waals surface area contributed by atoms with Gasteiger partial charge in [0.2, 0.25) is 11.8 Å². The van der Waals surface area contributed by atoms with Gasteiger partial charge < -0.3 is 5.32 Å². The predicted molar refractivity (Wildman–Crippen MR) is 151 cm³/mol. The van der Waals surface area contributed by atoms with Crippen LogP contribution in [0.4, 0.5) is 5.69 Å². The molecule has 3 aromatic carbocycles. The molecule has 1 aliphatic carbocycles. The van der Waals surface area contributed by atoms with Gasteiger partial charge in [0.05, 0.1) is 22.9 Å². The Morgan fingerprint density at radius 3 is 2.44 bits per heavy atom. The van der Waals surface area contributed by atoms with Gasteiger partial charge in [-0.05, 0) is 42.7 Å². The summed E-state index contributed by atoms with van der Waals surface area (Å²) < 4.78 is 1.58. The van der Waals surface area contributed by atoms with Crippen LogP contribution in [-0.4, -0.2) is 37.8 Å². The van der Waals surface area contributed by atoms with E-state index >= 15 is 0 Å². The minimum Gasteiger partial charge on any atom is -0.351 e. The molecule has 196 valence electrons. The van der Waals surface area contributed by atoms with Crippen molar-refractivity contribution in [1.82, 2.24) is 25.3 Å². The number of anilines is 1. The first-order valence-corrected chi connectivity index (χ1v) is 13.5. The average Bonchev–Trinajstić information content (AvgIpc) is 3.39. The van der Waals surface area contributed by atoms with E-state index in [4.69, 9.17) is 0 Å². The average molecular weight is 519 g/mol. The number of hydrogen-bond acceptors (Lipinski definition) is 5. The molecule has 1 fully saturated rings. The first-order chi connectivity index (χ1) is 19.2. The summed E-state index contributed by atoms with van der Waals surface area (Å²) in [6.07, 6.45) is 6.94. The van der Waals surface area contributed by atoms with Gasteiger partial charge in [0.1, 0.15) is 18.1 Å². The van der Waals surface area contributed by atoms with Gasteiger partial charge in [-0.25, -0.2) is 4.68 Å². The fourth-order valence-corrected chi connectivity index (χ4v) is 5.45. The maximum absolute atomic E-state index is 14.2. The van der Waals surface area contributed by atoms with Gasteiger partial charge in [-0.1, -0.05) is 85.1 Å². The maximum Gasteiger partial charge on any atom is 0.249 e. The number of hydrogen-bond donors (Lipinski definition) is 1. The molecule has 8 nitrogen and oxygen atoms in total. The molecule has 1 unspecified atom stereocenters. The van der Waals surface area contributed by atoms with Crippen LogP contribution in [0.5, 0.6) is 0 Å². The number of para-hydroxylation sites is 2. The van der Waals surface area contributed by atoms with E-state index in [1.54, 1.807) is 15.8 Å². The van der Waals surface area contributed by atoms with Gasteiger partial charge >= 0.3 is 0 Å². The van der Waals surface area contributed by atoms with E-state index in [1.807, 2.05) is 84.9 Å². The number of aromatic nitrogens is 4. The molecule has 8 heteroatoms. The number of carbonyl (C=O) groups excluding carboxylic acids is 2. The van der Waals surface area contributed by atoms with Crippen LogP contribution in [-0.2, 0) is 16.1 Å². The van der Waals surface area contributed by atoms with E-state index < -0.39 is 6.04 Å². The Bertz CT molecular complexity index is 1610. The quantitative estimate of drug-likeness (QED) is 0.320. The summed E-state index contributed by atoms with van der Waals surface area (Å²) in [5.74, 6) is -0.478. The molecule has 6 rings (SSSR count). The lowest BCUT2D eigenvalue weighted by Gasteiger charge is -2.33. The molecule has 5 aromatic rings. The van der Waals surface area contributed by atoms with Crippen molar-refractivity contribution in [3.8, 4) is 0 Å². The summed E-state index contributed by atoms with van der Waals surface area (Å²) in [6, 6.07) is 25.9. The molecule has 1 N–H and O–H groups in total. The molecular formula is C31H30N6O2. The highest BCUT2D eigenvalue weighted by Gasteiger charge is 2.34. The zero-order valence-electron chi connectivity index (χ0n) is 21.6. The zero-order valence-corrected chi connectivity index (χ0v) is 21.6. The van der Waals surface area contributed by atoms with Crippen LogP contribution >= 0.6 is 0 Å². The second kappa shape index (κ2) is 11.0. The summed E-state index contributed by atoms with van der Waals surface area (Å²) in [5, 5.41) is 12.6. The molecule has 1 atom stereocenters. The Morgan fingerprint density at radius 1 is 0.897 bits per heavy atom. The molecule has 0 saturated heterocycles. The van der Waals surface area contributed by atoms with E-state index in [0.29, 0.717) is 11.2 Å². The normalized spacial score (nSPS) is 14.8. The van der Waals surface area contributed by atoms with Crippen molar-refractivity contribution < 1.29 is 9.59 Å². The van der Waals surface area contributed by atoms with Crippen LogP contribution in [0.25, 0.3) is 21.9 Å². The Hall–Kier alpha value is -4.59. The number of nitrogens with one attached hydrogen (secondary N) is 1. The smallest absolute Gasteiger partial charge is 0.249 e. The summed E-state index contributed by atoms with van der Waals surface area (Å²) in [7, 11) is 0. The summed E-state index contributed by atoms with van der Waals surface area (Å²) in [4.78, 5) is 34.5. The van der Waals surface area contributed by atoms with Crippen molar-refractivity contribution in [2.45, 2.75) is 50.7 Å². The second-order valence-corrected chi connectivity index (χ2v) is 10.0. The minimum absolute atomic E-state index is 0.0760. The molecule has 0 aliphatic heterocycles. The van der Waals surface area contributed by atoms with E-state index in [9.17, 15) is 9.59 Å². The zero-order chi connectivity index (χ0) is 26.6. The number of nitrogens with zero attached hydrogens (tertiary/aromatic N) is 5. The van der Waals surface area contributed by atoms with Crippen molar-refractivity contribution >= 4 is 39.4 Å². The van der Waals surface area contributed by atoms with Crippen LogP contribution in [0.2, 0.25) is 0 Å². The van der Waals surface area contributed by atoms with Crippen LogP contribution in [0.3, 0.4) is 0 Å². The molecule has 0 bridgehead atoms. The molecule has 39 heavy (non-hydrogen) atoms. The van der Waals surface area contributed by atoms with Gasteiger partial charge in [0.15, 0.2) is 0 Å². The predicted octanol–water partition coefficient (Wildman–Crippen LogP) is 5.20. The lowest BCUT2D eigenvalue weighted by molar-refractivity contribution is -0.127. The third kappa shape index (κ3) is 5.23. The fraction of sp³-hybridized carbons (Fsp3) is 0.258. The molecular weight excluding hydrogens is 488 g/mol. The first-order valence-electron chi connectivity index (χ1n) is 13.5. The van der Waals surface area contributed by atoms with E-state index in [-0.39, 0.29) is 24.4 Å². The van der Waals surface area contributed by atoms with Crippen LogP contribution in [0, 0.1) is 0 Å². The highest BCUT2D eigenvalue weighted by Crippen LogP contribution is 2.31. The van der Waals surface area contributed by atoms with Gasteiger partial charge in [0.25, 0.3) is 0 Å². The van der Waals surface area contributed by atoms with Gasteiger partial charge in [-0.2, -0.15) is 0 Å². The monoisotopic (exact) mass is 518 g/mol. The third-order valence-corrected chi connectivity index (χ3v) is 7.40. The summed E-state index contributed by atoms with van der Waals surface area (Å²) in [5.41, 5.74) is 3.56. The number of amides is 2. The molecule has 1 aliphatic rings. The Morgan fingerprint density at radius 2 is 1.62 bits per heavy atom. The molecule has 0 radical (unpaired) electrons. The second-order valence-electron chi connectivity index (χ2n) is 10.0. The molecule has 1 saturated carbocycles. The SMILES string of the molecule is O=C(NC1CCCCC1)C(c1ccccc1)N(C(=O)Cn1nnc2ccccc21)c1cnc2ccccc2c1. The number of rotatable bonds is 7. The number of carbonyl (C=O) groups is 2. The third-order valence-electron chi connectivity index (χ3n) is 7.40. The van der Waals surface area contributed by atoms with Crippen molar-refractivity contribution in [2.24, 2.45) is 0 Å². The molecule has 2 aromatic heterocycles. The summed E-state index contributed by atoms with van der Waals surface area (Å²) >= 11 is 0. The standard InChI is InChI=1S/C31H30N6O2/c38-29(21-36-28-18-10-9-17-27(28)34-35-36)37(25-19-23-13-7-8-16-26(23)32-20-25)30(22-11-3-1-4-12-22)31(39)33-24-14-5-2-6-15-24/h1,3-4,7-13,16-20,24,30H,2,5-6,14-15,21H2,(H,33,39). The highest BCUT2D eigenvalue weighted by molar-refractivity contribution is 6.02. The lowest BCUT2D eigenvalue weighted by Crippen LogP contribution is -2.48. The topological polar surface area (TPSA) is 93.0 Å². The maximum atomic E-state index is 14.2. The van der Waals surface area contributed by atoms with Crippen LogP contribution in [0.1, 0.15) is 43.7 Å². The van der Waals surface area contributed by atoms with Crippen molar-refractivity contribution in [2.75, 3.05) is 4.90 Å². The van der Waals surface area contributed by atoms with E-state index in [2.05, 4.69) is 20.6 Å². The van der Waals surface area contributed by atoms with Crippen molar-refractivity contribution in [1.29, 1.82) is 0 Å². The molecule has 2 heterocycles. The number of benzene rings is 3. The number of pyridine rings is 1. The van der Waals surface area contributed by atoms with Gasteiger partial charge in [-0.3, -0.25) is 19.5 Å². The largest absolute Gasteiger partial charge is 0.351 e. The fourth-order valence-electron chi connectivity index (χ4n) is 5.45. The molecule has 2 amide bonds. The van der Waals surface area contributed by atoms with E-state index in [1.165, 1.54) is 6.42 Å². The lowest BCUT2D eigenvalue weighted by atomic mass is 9.94. The molecule has 0 spiro atoms. The van der Waals surface area contributed by atoms with Crippen LogP contribution in [0.15, 0.2) is 91.1 Å². The Labute approximate surface area is 226 Å². The minimum atomic E-state index is -0.877. The van der Waals surface area contributed by atoms with Crippen molar-refractivity contribution in [3.05, 3.63) is 96.7 Å². The van der Waals surface area contributed by atoms with Crippen molar-refractivity contribution in [3.63, 3.8) is 0 Å². The van der Waals surface area contributed by atoms with Gasteiger partial charge in [-0.15, -0.1) is 5.10 Å². The summed E-state index contributed by atoms with van der Waals surface area (Å²) in [6.45, 7) is -0.0760. The van der Waals surface area contributed by atoms with Crippen LogP contribution < -0.4 is 10.2 Å². The van der Waals surface area contributed by atoms with E-state index in [0.717, 1.165) is 47.7 Å². The highest BCUT2D eigenvalue weighted by atomic mass is 16.2. The number of fused-ring (bicyclic) bond motifs is 2. The first kappa shape index (κ1) is 24.7. The van der Waals surface area contributed by atoms with Gasteiger partial charge in [0, 0.05) is 11.4 Å².